The van der Waals surface area contributed by atoms with E-state index < -0.39 is 23.9 Å². The number of nitrogen functional groups attached to an aromatic ring is 2. The van der Waals surface area contributed by atoms with Crippen molar-refractivity contribution in [1.82, 2.24) is 24.8 Å². The molecule has 0 radical (unpaired) electrons. The van der Waals surface area contributed by atoms with Crippen molar-refractivity contribution in [2.24, 2.45) is 0 Å². The van der Waals surface area contributed by atoms with E-state index in [1.54, 1.807) is 6.20 Å². The van der Waals surface area contributed by atoms with E-state index in [1.165, 1.54) is 23.6 Å². The summed E-state index contributed by atoms with van der Waals surface area (Å²) in [6, 6.07) is 2.36. The zero-order chi connectivity index (χ0) is 25.2. The molecule has 4 heterocycles. The van der Waals surface area contributed by atoms with Gasteiger partial charge in [-0.2, -0.15) is 13.2 Å². The Morgan fingerprint density at radius 1 is 1.09 bits per heavy atom. The molecule has 1 saturated heterocycles. The Labute approximate surface area is 205 Å². The maximum absolute atomic E-state index is 13.9. The zero-order valence-electron chi connectivity index (χ0n) is 19.4. The van der Waals surface area contributed by atoms with Gasteiger partial charge in [-0.05, 0) is 25.2 Å². The van der Waals surface area contributed by atoms with E-state index in [4.69, 9.17) is 16.2 Å². The predicted octanol–water partition coefficient (Wildman–Crippen LogP) is 3.67. The summed E-state index contributed by atoms with van der Waals surface area (Å²) in [5.74, 6) is 0.315. The van der Waals surface area contributed by atoms with Crippen LogP contribution in [0.25, 0.3) is 0 Å². The fourth-order valence-corrected chi connectivity index (χ4v) is 4.91. The van der Waals surface area contributed by atoms with Gasteiger partial charge in [-0.1, -0.05) is 13.8 Å². The number of alkyl halides is 3. The number of hydrogen-bond donors (Lipinski definition) is 2. The van der Waals surface area contributed by atoms with Crippen molar-refractivity contribution in [2.75, 3.05) is 42.5 Å². The van der Waals surface area contributed by atoms with Gasteiger partial charge in [0.25, 0.3) is 0 Å². The van der Waals surface area contributed by atoms with Crippen molar-refractivity contribution in [1.29, 1.82) is 0 Å². The normalized spacial score (nSPS) is 18.9. The highest BCUT2D eigenvalue weighted by molar-refractivity contribution is 7.15. The average molecular weight is 509 g/mol. The van der Waals surface area contributed by atoms with Crippen LogP contribution in [0.4, 0.5) is 29.9 Å². The highest BCUT2D eigenvalue weighted by Crippen LogP contribution is 2.41. The first kappa shape index (κ1) is 25.1. The van der Waals surface area contributed by atoms with Gasteiger partial charge in [-0.25, -0.2) is 19.9 Å². The Hall–Kier alpha value is -3.03. The number of pyridine rings is 1. The van der Waals surface area contributed by atoms with Crippen LogP contribution in [0.5, 0.6) is 0 Å². The van der Waals surface area contributed by atoms with Crippen molar-refractivity contribution in [3.05, 3.63) is 52.6 Å². The van der Waals surface area contributed by atoms with E-state index in [2.05, 4.69) is 38.7 Å². The number of aromatic nitrogens is 4. The number of nitrogens with zero attached hydrogens (tertiary/aromatic N) is 6. The first-order valence-electron chi connectivity index (χ1n) is 11.2. The molecule has 3 aromatic rings. The summed E-state index contributed by atoms with van der Waals surface area (Å²) >= 11 is 1.50. The third-order valence-electron chi connectivity index (χ3n) is 5.78. The molecule has 1 fully saturated rings. The number of anilines is 3. The molecule has 35 heavy (non-hydrogen) atoms. The number of hydrogen-bond acceptors (Lipinski definition) is 10. The van der Waals surface area contributed by atoms with E-state index in [9.17, 15) is 13.2 Å². The fourth-order valence-electron chi connectivity index (χ4n) is 3.94. The molecule has 0 bridgehead atoms. The second-order valence-electron chi connectivity index (χ2n) is 8.12. The van der Waals surface area contributed by atoms with Gasteiger partial charge in [-0.3, -0.25) is 4.90 Å². The lowest BCUT2D eigenvalue weighted by Crippen LogP contribution is -2.41. The van der Waals surface area contributed by atoms with Crippen LogP contribution in [0.1, 0.15) is 47.9 Å². The van der Waals surface area contributed by atoms with Gasteiger partial charge >= 0.3 is 6.18 Å². The van der Waals surface area contributed by atoms with Crippen molar-refractivity contribution in [3.63, 3.8) is 0 Å². The van der Waals surface area contributed by atoms with Gasteiger partial charge in [-0.15, -0.1) is 11.3 Å². The second kappa shape index (κ2) is 10.3. The first-order chi connectivity index (χ1) is 16.7. The molecule has 9 nitrogen and oxygen atoms in total. The Morgan fingerprint density at radius 2 is 1.83 bits per heavy atom. The minimum absolute atomic E-state index is 0.106. The molecule has 1 aliphatic heterocycles. The Balaban J connectivity index is 1.69. The molecular weight excluding hydrogens is 481 g/mol. The molecular formula is C22H27F3N8OS. The molecule has 0 amide bonds. The zero-order valence-corrected chi connectivity index (χ0v) is 20.2. The van der Waals surface area contributed by atoms with Crippen molar-refractivity contribution >= 4 is 28.1 Å². The number of halogens is 3. The molecule has 2 atom stereocenters. The van der Waals surface area contributed by atoms with Gasteiger partial charge < -0.3 is 21.1 Å². The quantitative estimate of drug-likeness (QED) is 0.493. The van der Waals surface area contributed by atoms with Crippen LogP contribution in [-0.4, -0.2) is 51.0 Å². The minimum Gasteiger partial charge on any atom is -0.384 e. The third kappa shape index (κ3) is 5.80. The monoisotopic (exact) mass is 508 g/mol. The predicted molar refractivity (Wildman–Crippen MR) is 128 cm³/mol. The summed E-state index contributed by atoms with van der Waals surface area (Å²) in [4.78, 5) is 22.2. The smallest absolute Gasteiger partial charge is 0.384 e. The summed E-state index contributed by atoms with van der Waals surface area (Å²) in [6.07, 6.45) is -1.91. The lowest BCUT2D eigenvalue weighted by molar-refractivity contribution is -0.140. The molecule has 4 rings (SSSR count). The molecule has 0 spiro atoms. The van der Waals surface area contributed by atoms with Crippen LogP contribution in [0.2, 0.25) is 0 Å². The van der Waals surface area contributed by atoms with Crippen molar-refractivity contribution in [3.8, 4) is 0 Å². The van der Waals surface area contributed by atoms with Crippen LogP contribution < -0.4 is 16.4 Å². The summed E-state index contributed by atoms with van der Waals surface area (Å²) in [7, 11) is 0. The van der Waals surface area contributed by atoms with E-state index >= 15 is 0 Å². The maximum atomic E-state index is 13.9. The van der Waals surface area contributed by atoms with Crippen molar-refractivity contribution in [2.45, 2.75) is 38.8 Å². The van der Waals surface area contributed by atoms with E-state index in [0.29, 0.717) is 11.7 Å². The average Bonchev–Trinajstić information content (AvgIpc) is 3.30. The molecule has 0 aliphatic carbocycles. The topological polar surface area (TPSA) is 119 Å². The van der Waals surface area contributed by atoms with Gasteiger partial charge in [0.15, 0.2) is 11.0 Å². The summed E-state index contributed by atoms with van der Waals surface area (Å²) in [6.45, 7) is 7.19. The third-order valence-corrected chi connectivity index (χ3v) is 6.82. The van der Waals surface area contributed by atoms with Crippen molar-refractivity contribution < 1.29 is 17.9 Å². The number of morpholine rings is 1. The highest BCUT2D eigenvalue weighted by atomic mass is 32.1. The maximum Gasteiger partial charge on any atom is 0.416 e. The van der Waals surface area contributed by atoms with Gasteiger partial charge in [0, 0.05) is 35.6 Å². The summed E-state index contributed by atoms with van der Waals surface area (Å²) < 4.78 is 47.7. The molecule has 0 saturated carbocycles. The molecule has 188 valence electrons. The van der Waals surface area contributed by atoms with Crippen LogP contribution in [0.15, 0.2) is 30.7 Å². The van der Waals surface area contributed by atoms with Crippen LogP contribution >= 0.6 is 11.3 Å². The lowest BCUT2D eigenvalue weighted by Gasteiger charge is -2.38. The number of nitrogens with two attached hydrogens (primary N) is 2. The van der Waals surface area contributed by atoms with E-state index in [1.807, 2.05) is 4.90 Å². The summed E-state index contributed by atoms with van der Waals surface area (Å²) in [5, 5.41) is 0.686. The van der Waals surface area contributed by atoms with Gasteiger partial charge in [0.1, 0.15) is 23.8 Å². The van der Waals surface area contributed by atoms with Gasteiger partial charge in [0.05, 0.1) is 18.7 Å². The number of rotatable bonds is 7. The lowest BCUT2D eigenvalue weighted by atomic mass is 10.0. The fraction of sp³-hybridized carbons (Fsp3) is 0.455. The number of ether oxygens (including phenoxy) is 1. The second-order valence-corrected chi connectivity index (χ2v) is 9.22. The molecule has 0 aromatic carbocycles. The molecule has 2 unspecified atom stereocenters. The molecule has 1 aliphatic rings. The minimum atomic E-state index is -4.63. The van der Waals surface area contributed by atoms with E-state index in [-0.39, 0.29) is 29.6 Å². The SMILES string of the molecule is CCN(CC)Cc1cnc(N2CC(c3nccc(N)n3)OC(c3cnc(N)cc3C(F)(F)F)C2)s1. The first-order valence-corrected chi connectivity index (χ1v) is 12.0. The Morgan fingerprint density at radius 3 is 2.51 bits per heavy atom. The summed E-state index contributed by atoms with van der Waals surface area (Å²) in [5.41, 5.74) is 10.4. The Kier molecular flexibility index (Phi) is 7.38. The Bertz CT molecular complexity index is 1150. The molecule has 3 aromatic heterocycles. The standard InChI is InChI=1S/C22H27F3N8OS/c1-3-32(4-2)10-13-8-30-21(35-13)33-11-16(14-9-29-19(27)7-15(14)22(23,24)25)34-17(12-33)20-28-6-5-18(26)31-20/h5-9,16-17H,3-4,10-12H2,1-2H3,(H2,27,29)(H2,26,28,31). The van der Waals surface area contributed by atoms with Crippen LogP contribution in [0, 0.1) is 0 Å². The molecule has 4 N–H and O–H groups in total. The van der Waals surface area contributed by atoms with Crippen LogP contribution in [-0.2, 0) is 17.5 Å². The van der Waals surface area contributed by atoms with Gasteiger partial charge in [0.2, 0.25) is 0 Å². The van der Waals surface area contributed by atoms with Crippen LogP contribution in [0.3, 0.4) is 0 Å². The largest absolute Gasteiger partial charge is 0.416 e. The molecule has 13 heteroatoms. The highest BCUT2D eigenvalue weighted by Gasteiger charge is 2.40. The van der Waals surface area contributed by atoms with E-state index in [0.717, 1.165) is 36.8 Å². The number of thiazole rings is 1.